The third kappa shape index (κ3) is 2.41. The fraction of sp³-hybridized carbons (Fsp3) is 0.533. The lowest BCUT2D eigenvalue weighted by atomic mass is 9.83. The first-order chi connectivity index (χ1) is 8.70. The van der Waals surface area contributed by atoms with Crippen molar-refractivity contribution < 1.29 is 0 Å². The lowest BCUT2D eigenvalue weighted by molar-refractivity contribution is 0.325. The molecule has 3 rings (SSSR count). The molecule has 1 fully saturated rings. The van der Waals surface area contributed by atoms with E-state index in [1.165, 1.54) is 37.7 Å². The summed E-state index contributed by atoms with van der Waals surface area (Å²) in [7, 11) is 0. The molecule has 1 aliphatic carbocycles. The van der Waals surface area contributed by atoms with E-state index < -0.39 is 0 Å². The van der Waals surface area contributed by atoms with Crippen molar-refractivity contribution >= 4 is 11.0 Å². The minimum Gasteiger partial charge on any atom is -0.342 e. The molecule has 1 saturated carbocycles. The summed E-state index contributed by atoms with van der Waals surface area (Å²) in [5.74, 6) is 1.80. The Labute approximate surface area is 108 Å². The zero-order chi connectivity index (χ0) is 12.5. The van der Waals surface area contributed by atoms with Gasteiger partial charge in [0, 0.05) is 6.04 Å². The van der Waals surface area contributed by atoms with E-state index in [0.717, 1.165) is 22.8 Å². The van der Waals surface area contributed by atoms with Gasteiger partial charge in [-0.3, -0.25) is 0 Å². The van der Waals surface area contributed by atoms with Crippen LogP contribution in [0.25, 0.3) is 11.0 Å². The highest BCUT2D eigenvalue weighted by Crippen LogP contribution is 2.27. The highest BCUT2D eigenvalue weighted by molar-refractivity contribution is 5.75. The standard InChI is InChI=1S/C15H21N3/c1-10-17-14-7-4-12(9-15(14)18-10)8-11-2-5-13(16)6-3-11/h4,7,9,11,13H,2-3,5-6,8,16H2,1H3,(H,17,18). The van der Waals surface area contributed by atoms with E-state index in [4.69, 9.17) is 5.73 Å². The van der Waals surface area contributed by atoms with E-state index in [9.17, 15) is 0 Å². The van der Waals surface area contributed by atoms with Crippen LogP contribution in [0.2, 0.25) is 0 Å². The average Bonchev–Trinajstić information content (AvgIpc) is 2.71. The van der Waals surface area contributed by atoms with Gasteiger partial charge in [0.05, 0.1) is 11.0 Å². The second-order valence-electron chi connectivity index (χ2n) is 5.66. The number of nitrogens with two attached hydrogens (primary N) is 1. The molecule has 2 aromatic rings. The Balaban J connectivity index is 1.74. The van der Waals surface area contributed by atoms with Crippen molar-refractivity contribution in [1.29, 1.82) is 0 Å². The van der Waals surface area contributed by atoms with Crippen LogP contribution in [-0.4, -0.2) is 16.0 Å². The molecule has 0 amide bonds. The molecule has 3 nitrogen and oxygen atoms in total. The van der Waals surface area contributed by atoms with Crippen LogP contribution in [0, 0.1) is 12.8 Å². The van der Waals surface area contributed by atoms with Crippen LogP contribution in [-0.2, 0) is 6.42 Å². The van der Waals surface area contributed by atoms with E-state index in [0.29, 0.717) is 6.04 Å². The summed E-state index contributed by atoms with van der Waals surface area (Å²) in [6.45, 7) is 2.00. The number of fused-ring (bicyclic) bond motifs is 1. The Morgan fingerprint density at radius 1 is 1.28 bits per heavy atom. The molecule has 1 aromatic heterocycles. The van der Waals surface area contributed by atoms with Gasteiger partial charge in [-0.15, -0.1) is 0 Å². The predicted octanol–water partition coefficient (Wildman–Crippen LogP) is 2.93. The number of H-pyrrole nitrogens is 1. The quantitative estimate of drug-likeness (QED) is 0.852. The van der Waals surface area contributed by atoms with Gasteiger partial charge in [-0.1, -0.05) is 6.07 Å². The number of nitrogens with zero attached hydrogens (tertiary/aromatic N) is 1. The molecule has 0 aliphatic heterocycles. The number of aromatic nitrogens is 2. The summed E-state index contributed by atoms with van der Waals surface area (Å²) < 4.78 is 0. The number of aromatic amines is 1. The minimum absolute atomic E-state index is 0.444. The first kappa shape index (κ1) is 11.7. The fourth-order valence-electron chi connectivity index (χ4n) is 3.04. The third-order valence-corrected chi connectivity index (χ3v) is 4.08. The monoisotopic (exact) mass is 243 g/mol. The first-order valence-corrected chi connectivity index (χ1v) is 6.91. The molecular weight excluding hydrogens is 222 g/mol. The lowest BCUT2D eigenvalue weighted by Crippen LogP contribution is -2.27. The summed E-state index contributed by atoms with van der Waals surface area (Å²) in [5.41, 5.74) is 9.61. The molecule has 0 atom stereocenters. The van der Waals surface area contributed by atoms with Crippen LogP contribution in [0.4, 0.5) is 0 Å². The number of hydrogen-bond donors (Lipinski definition) is 2. The van der Waals surface area contributed by atoms with Crippen LogP contribution in [0.3, 0.4) is 0 Å². The number of aryl methyl sites for hydroxylation is 1. The van der Waals surface area contributed by atoms with Crippen LogP contribution < -0.4 is 5.73 Å². The first-order valence-electron chi connectivity index (χ1n) is 6.91. The largest absolute Gasteiger partial charge is 0.342 e. The van der Waals surface area contributed by atoms with Gasteiger partial charge in [0.1, 0.15) is 5.82 Å². The third-order valence-electron chi connectivity index (χ3n) is 4.08. The maximum atomic E-state index is 5.95. The molecule has 96 valence electrons. The molecule has 3 heteroatoms. The molecular formula is C15H21N3. The molecule has 0 bridgehead atoms. The maximum Gasteiger partial charge on any atom is 0.104 e. The molecule has 0 radical (unpaired) electrons. The maximum absolute atomic E-state index is 5.95. The molecule has 1 aliphatic rings. The molecule has 0 spiro atoms. The van der Waals surface area contributed by atoms with Crippen molar-refractivity contribution in [1.82, 2.24) is 9.97 Å². The highest BCUT2D eigenvalue weighted by atomic mass is 14.9. The van der Waals surface area contributed by atoms with Crippen LogP contribution in [0.15, 0.2) is 18.2 Å². The number of imidazole rings is 1. The molecule has 1 aromatic carbocycles. The normalized spacial score (nSPS) is 24.6. The van der Waals surface area contributed by atoms with Crippen LogP contribution >= 0.6 is 0 Å². The van der Waals surface area contributed by atoms with Gasteiger partial charge in [0.15, 0.2) is 0 Å². The Morgan fingerprint density at radius 3 is 2.83 bits per heavy atom. The molecule has 0 unspecified atom stereocenters. The van der Waals surface area contributed by atoms with E-state index in [-0.39, 0.29) is 0 Å². The fourth-order valence-corrected chi connectivity index (χ4v) is 3.04. The summed E-state index contributed by atoms with van der Waals surface area (Å²) in [6, 6.07) is 7.04. The SMILES string of the molecule is Cc1nc2ccc(CC3CCC(N)CC3)cc2[nH]1. The zero-order valence-corrected chi connectivity index (χ0v) is 10.9. The molecule has 18 heavy (non-hydrogen) atoms. The van der Waals surface area contributed by atoms with Gasteiger partial charge in [-0.2, -0.15) is 0 Å². The summed E-state index contributed by atoms with van der Waals surface area (Å²) in [4.78, 5) is 7.75. The van der Waals surface area contributed by atoms with E-state index >= 15 is 0 Å². The molecule has 1 heterocycles. The zero-order valence-electron chi connectivity index (χ0n) is 10.9. The van der Waals surface area contributed by atoms with Gasteiger partial charge < -0.3 is 10.7 Å². The molecule has 0 saturated heterocycles. The second kappa shape index (κ2) is 4.73. The smallest absolute Gasteiger partial charge is 0.104 e. The van der Waals surface area contributed by atoms with Crippen LogP contribution in [0.1, 0.15) is 37.1 Å². The summed E-state index contributed by atoms with van der Waals surface area (Å²) in [5, 5.41) is 0. The van der Waals surface area contributed by atoms with Crippen molar-refractivity contribution in [2.45, 2.75) is 45.1 Å². The van der Waals surface area contributed by atoms with Crippen molar-refractivity contribution in [2.24, 2.45) is 11.7 Å². The van der Waals surface area contributed by atoms with Gasteiger partial charge in [-0.05, 0) is 62.6 Å². The van der Waals surface area contributed by atoms with Gasteiger partial charge in [0.2, 0.25) is 0 Å². The Kier molecular flexibility index (Phi) is 3.08. The number of benzene rings is 1. The lowest BCUT2D eigenvalue weighted by Gasteiger charge is -2.26. The van der Waals surface area contributed by atoms with Crippen LogP contribution in [0.5, 0.6) is 0 Å². The second-order valence-corrected chi connectivity index (χ2v) is 5.66. The predicted molar refractivity (Wildman–Crippen MR) is 74.5 cm³/mol. The van der Waals surface area contributed by atoms with Gasteiger partial charge in [0.25, 0.3) is 0 Å². The Bertz CT molecular complexity index is 536. The topological polar surface area (TPSA) is 54.7 Å². The summed E-state index contributed by atoms with van der Waals surface area (Å²) in [6.07, 6.45) is 6.12. The Morgan fingerprint density at radius 2 is 2.06 bits per heavy atom. The highest BCUT2D eigenvalue weighted by Gasteiger charge is 2.18. The van der Waals surface area contributed by atoms with E-state index in [1.807, 2.05) is 6.92 Å². The van der Waals surface area contributed by atoms with Crippen molar-refractivity contribution in [2.75, 3.05) is 0 Å². The van der Waals surface area contributed by atoms with Gasteiger partial charge in [-0.25, -0.2) is 4.98 Å². The van der Waals surface area contributed by atoms with Crippen molar-refractivity contribution in [3.8, 4) is 0 Å². The number of rotatable bonds is 2. The number of hydrogen-bond acceptors (Lipinski definition) is 2. The van der Waals surface area contributed by atoms with Crippen molar-refractivity contribution in [3.05, 3.63) is 29.6 Å². The summed E-state index contributed by atoms with van der Waals surface area (Å²) >= 11 is 0. The van der Waals surface area contributed by atoms with E-state index in [2.05, 4.69) is 28.2 Å². The minimum atomic E-state index is 0.444. The Hall–Kier alpha value is -1.35. The number of nitrogens with one attached hydrogen (secondary N) is 1. The van der Waals surface area contributed by atoms with Crippen molar-refractivity contribution in [3.63, 3.8) is 0 Å². The van der Waals surface area contributed by atoms with Gasteiger partial charge >= 0.3 is 0 Å². The average molecular weight is 243 g/mol. The van der Waals surface area contributed by atoms with E-state index in [1.54, 1.807) is 0 Å². The molecule has 3 N–H and O–H groups in total.